The number of rotatable bonds is 10. The van der Waals surface area contributed by atoms with Crippen molar-refractivity contribution in [1.29, 1.82) is 0 Å². The summed E-state index contributed by atoms with van der Waals surface area (Å²) in [6.45, 7) is 17.5. The number of aryl methyl sites for hydroxylation is 3. The van der Waals surface area contributed by atoms with Gasteiger partial charge in [0, 0.05) is 33.5 Å². The van der Waals surface area contributed by atoms with Crippen LogP contribution < -0.4 is 9.64 Å². The number of hydrogen-bond acceptors (Lipinski definition) is 2. The van der Waals surface area contributed by atoms with Crippen LogP contribution in [0.15, 0.2) is 231 Å². The summed E-state index contributed by atoms with van der Waals surface area (Å²) in [5.41, 5.74) is 22.1. The number of aromatic nitrogens is 1. The lowest BCUT2D eigenvalue weighted by molar-refractivity contribution is 0.482. The molecule has 0 amide bonds. The molecule has 3 heteroatoms. The first-order valence-electron chi connectivity index (χ1n) is 25.4. The third kappa shape index (κ3) is 7.75. The molecule has 1 heterocycles. The largest absolute Gasteiger partial charge is 0.457 e. The maximum absolute atomic E-state index is 6.44. The summed E-state index contributed by atoms with van der Waals surface area (Å²) in [7, 11) is 0. The first kappa shape index (κ1) is 45.5. The molecule has 0 N–H and O–H groups in total. The second-order valence-electron chi connectivity index (χ2n) is 20.8. The van der Waals surface area contributed by atoms with Crippen molar-refractivity contribution in [3.8, 4) is 39.4 Å². The van der Waals surface area contributed by atoms with Crippen LogP contribution in [0.4, 0.5) is 17.1 Å². The molecular formula is C70H58N2O. The van der Waals surface area contributed by atoms with E-state index in [1.807, 2.05) is 30.3 Å². The van der Waals surface area contributed by atoms with Crippen LogP contribution in [0.1, 0.15) is 70.8 Å². The van der Waals surface area contributed by atoms with Gasteiger partial charge in [-0.05, 0) is 184 Å². The molecular weight excluding hydrogens is 885 g/mol. The Kier molecular flexibility index (Phi) is 11.1. The van der Waals surface area contributed by atoms with Gasteiger partial charge < -0.3 is 14.2 Å². The van der Waals surface area contributed by atoms with Crippen molar-refractivity contribution in [3.05, 3.63) is 281 Å². The molecule has 1 aromatic heterocycles. The minimum Gasteiger partial charge on any atom is -0.457 e. The molecule has 73 heavy (non-hydrogen) atoms. The van der Waals surface area contributed by atoms with Gasteiger partial charge >= 0.3 is 0 Å². The minimum atomic E-state index is -0.626. The molecule has 1 unspecified atom stereocenters. The van der Waals surface area contributed by atoms with Gasteiger partial charge in [-0.3, -0.25) is 0 Å². The van der Waals surface area contributed by atoms with E-state index in [-0.39, 0.29) is 5.41 Å². The van der Waals surface area contributed by atoms with Crippen molar-refractivity contribution in [2.75, 3.05) is 4.90 Å². The van der Waals surface area contributed by atoms with Crippen LogP contribution in [-0.2, 0) is 10.8 Å². The quantitative estimate of drug-likeness (QED) is 0.136. The van der Waals surface area contributed by atoms with E-state index in [1.165, 1.54) is 88.6 Å². The number of benzene rings is 10. The van der Waals surface area contributed by atoms with Crippen molar-refractivity contribution >= 4 is 44.9 Å². The van der Waals surface area contributed by atoms with Crippen molar-refractivity contribution < 1.29 is 4.74 Å². The summed E-state index contributed by atoms with van der Waals surface area (Å²) in [4.78, 5) is 2.48. The van der Waals surface area contributed by atoms with Crippen molar-refractivity contribution in [2.45, 2.75) is 52.4 Å². The fraction of sp³-hybridized carbons (Fsp3) is 0.114. The molecule has 11 aromatic rings. The third-order valence-electron chi connectivity index (χ3n) is 15.2. The highest BCUT2D eigenvalue weighted by molar-refractivity contribution is 6.10. The maximum Gasteiger partial charge on any atom is 0.127 e. The van der Waals surface area contributed by atoms with E-state index < -0.39 is 5.41 Å². The van der Waals surface area contributed by atoms with Gasteiger partial charge in [-0.25, -0.2) is 0 Å². The lowest BCUT2D eigenvalue weighted by atomic mass is 9.67. The molecule has 1 aliphatic carbocycles. The summed E-state index contributed by atoms with van der Waals surface area (Å²) in [5.74, 6) is 1.57. The normalized spacial score (nSPS) is 14.0. The SMILES string of the molecule is C=Cc1ccc(Oc2ccc(C3(c4ccc(C)cc4)c4ccccc4-c4ccc(N(c5ccc(C(C)(C)C)cc5)c5cc(C)c(-c6ccc7c(c6)c6ccccc6n7-c6ccccc6)cc5C)cc43)cc2)cc1. The molecule has 0 radical (unpaired) electrons. The molecule has 10 aromatic carbocycles. The molecule has 0 spiro atoms. The Morgan fingerprint density at radius 3 is 1.82 bits per heavy atom. The summed E-state index contributed by atoms with van der Waals surface area (Å²) in [6.07, 6.45) is 1.85. The Morgan fingerprint density at radius 1 is 0.493 bits per heavy atom. The van der Waals surface area contributed by atoms with Gasteiger partial charge in [-0.2, -0.15) is 0 Å². The van der Waals surface area contributed by atoms with Crippen LogP contribution >= 0.6 is 0 Å². The van der Waals surface area contributed by atoms with Gasteiger partial charge in [0.25, 0.3) is 0 Å². The summed E-state index contributed by atoms with van der Waals surface area (Å²) in [6, 6.07) is 82.6. The van der Waals surface area contributed by atoms with Crippen molar-refractivity contribution in [2.24, 2.45) is 0 Å². The standard InChI is InChI=1S/C70H58N2O/c1-8-49-24-36-57(37-25-49)73-58-38-31-53(32-39-58)70(52-27-22-46(2)23-28-52)64-20-14-12-18-59(64)60-40-35-56(45-65(60)70)71(55-33-29-51(30-34-55)69(5,6)7)68-43-47(3)62(42-48(68)4)50-26-41-67-63(44-50)61-19-13-15-21-66(61)72(67)54-16-10-9-11-17-54/h8-45H,1H2,2-7H3. The number of hydrogen-bond donors (Lipinski definition) is 0. The first-order chi connectivity index (χ1) is 35.5. The van der Waals surface area contributed by atoms with Gasteiger partial charge in [0.2, 0.25) is 0 Å². The van der Waals surface area contributed by atoms with E-state index in [9.17, 15) is 0 Å². The Morgan fingerprint density at radius 2 is 1.11 bits per heavy atom. The zero-order chi connectivity index (χ0) is 50.0. The van der Waals surface area contributed by atoms with Crippen LogP contribution in [0.5, 0.6) is 11.5 Å². The molecule has 0 saturated carbocycles. The third-order valence-corrected chi connectivity index (χ3v) is 15.2. The molecule has 0 aliphatic heterocycles. The molecule has 1 aliphatic rings. The zero-order valence-electron chi connectivity index (χ0n) is 42.4. The summed E-state index contributed by atoms with van der Waals surface area (Å²) >= 11 is 0. The first-order valence-corrected chi connectivity index (χ1v) is 25.4. The van der Waals surface area contributed by atoms with Gasteiger partial charge in [0.1, 0.15) is 11.5 Å². The monoisotopic (exact) mass is 942 g/mol. The molecule has 3 nitrogen and oxygen atoms in total. The second-order valence-corrected chi connectivity index (χ2v) is 20.8. The topological polar surface area (TPSA) is 17.4 Å². The Balaban J connectivity index is 1.02. The molecule has 0 saturated heterocycles. The average molecular weight is 943 g/mol. The van der Waals surface area contributed by atoms with Gasteiger partial charge in [0.05, 0.1) is 16.4 Å². The highest BCUT2D eigenvalue weighted by Gasteiger charge is 2.46. The molecule has 12 rings (SSSR count). The van der Waals surface area contributed by atoms with E-state index in [2.05, 4.69) is 258 Å². The molecule has 0 bridgehead atoms. The number of anilines is 3. The van der Waals surface area contributed by atoms with Crippen LogP contribution in [0.3, 0.4) is 0 Å². The van der Waals surface area contributed by atoms with E-state index in [0.717, 1.165) is 39.8 Å². The smallest absolute Gasteiger partial charge is 0.127 e. The van der Waals surface area contributed by atoms with Crippen molar-refractivity contribution in [3.63, 3.8) is 0 Å². The van der Waals surface area contributed by atoms with Crippen LogP contribution in [0, 0.1) is 20.8 Å². The van der Waals surface area contributed by atoms with Crippen LogP contribution in [-0.4, -0.2) is 4.57 Å². The van der Waals surface area contributed by atoms with Crippen molar-refractivity contribution in [1.82, 2.24) is 4.57 Å². The fourth-order valence-electron chi connectivity index (χ4n) is 11.5. The summed E-state index contributed by atoms with van der Waals surface area (Å²) < 4.78 is 8.82. The fourth-order valence-corrected chi connectivity index (χ4v) is 11.5. The predicted molar refractivity (Wildman–Crippen MR) is 308 cm³/mol. The molecule has 354 valence electrons. The van der Waals surface area contributed by atoms with E-state index >= 15 is 0 Å². The number of fused-ring (bicyclic) bond motifs is 6. The lowest BCUT2D eigenvalue weighted by Gasteiger charge is -2.35. The lowest BCUT2D eigenvalue weighted by Crippen LogP contribution is -2.29. The maximum atomic E-state index is 6.44. The Bertz CT molecular complexity index is 3870. The predicted octanol–water partition coefficient (Wildman–Crippen LogP) is 18.9. The average Bonchev–Trinajstić information content (AvgIpc) is 3.91. The van der Waals surface area contributed by atoms with Crippen LogP contribution in [0.2, 0.25) is 0 Å². The Hall–Kier alpha value is -8.66. The molecule has 0 fully saturated rings. The van der Waals surface area contributed by atoms with E-state index in [0.29, 0.717) is 0 Å². The van der Waals surface area contributed by atoms with E-state index in [4.69, 9.17) is 4.74 Å². The number of ether oxygens (including phenoxy) is 1. The number of nitrogens with zero attached hydrogens (tertiary/aromatic N) is 2. The molecule has 1 atom stereocenters. The van der Waals surface area contributed by atoms with Gasteiger partial charge in [-0.15, -0.1) is 0 Å². The second kappa shape index (κ2) is 17.9. The highest BCUT2D eigenvalue weighted by atomic mass is 16.5. The highest BCUT2D eigenvalue weighted by Crippen LogP contribution is 2.58. The number of para-hydroxylation sites is 2. The Labute approximate surface area is 429 Å². The van der Waals surface area contributed by atoms with Gasteiger partial charge in [-0.1, -0.05) is 172 Å². The minimum absolute atomic E-state index is 0.00965. The summed E-state index contributed by atoms with van der Waals surface area (Å²) in [5, 5.41) is 2.49. The zero-order valence-corrected chi connectivity index (χ0v) is 42.4. The van der Waals surface area contributed by atoms with E-state index in [1.54, 1.807) is 0 Å². The van der Waals surface area contributed by atoms with Crippen LogP contribution in [0.25, 0.3) is 55.8 Å². The van der Waals surface area contributed by atoms with Gasteiger partial charge in [0.15, 0.2) is 0 Å².